The minimum atomic E-state index is -1.60. The maximum absolute atomic E-state index is 11.8. The lowest BCUT2D eigenvalue weighted by atomic mass is 9.69. The molecule has 2 aliphatic carbocycles. The summed E-state index contributed by atoms with van der Waals surface area (Å²) in [6.45, 7) is 3.65. The number of carbonyl (C=O) groups is 1. The SMILES string of the molecule is CC(C)C(O)(C(=O)O)C1C2CCC1Cc1ccccc1C2. The summed E-state index contributed by atoms with van der Waals surface area (Å²) < 4.78 is 0. The van der Waals surface area contributed by atoms with Crippen LogP contribution in [-0.2, 0) is 17.6 Å². The van der Waals surface area contributed by atoms with Gasteiger partial charge < -0.3 is 10.2 Å². The van der Waals surface area contributed by atoms with Crippen LogP contribution >= 0.6 is 0 Å². The molecule has 0 saturated heterocycles. The van der Waals surface area contributed by atoms with Gasteiger partial charge in [-0.2, -0.15) is 0 Å². The minimum Gasteiger partial charge on any atom is -0.479 e. The molecule has 1 aromatic carbocycles. The zero-order chi connectivity index (χ0) is 15.2. The fourth-order valence-electron chi connectivity index (χ4n) is 4.64. The van der Waals surface area contributed by atoms with Gasteiger partial charge in [0.2, 0.25) is 0 Å². The lowest BCUT2D eigenvalue weighted by Gasteiger charge is -2.39. The molecule has 1 saturated carbocycles. The maximum atomic E-state index is 11.8. The smallest absolute Gasteiger partial charge is 0.336 e. The minimum absolute atomic E-state index is 0.137. The van der Waals surface area contributed by atoms with Crippen molar-refractivity contribution in [1.82, 2.24) is 0 Å². The highest BCUT2D eigenvalue weighted by atomic mass is 16.4. The average molecular weight is 288 g/mol. The number of hydrogen-bond acceptors (Lipinski definition) is 2. The van der Waals surface area contributed by atoms with Crippen molar-refractivity contribution in [3.63, 3.8) is 0 Å². The van der Waals surface area contributed by atoms with Crippen LogP contribution in [0.25, 0.3) is 0 Å². The molecule has 3 nitrogen and oxygen atoms in total. The molecule has 1 fully saturated rings. The van der Waals surface area contributed by atoms with Gasteiger partial charge in [-0.05, 0) is 54.6 Å². The summed E-state index contributed by atoms with van der Waals surface area (Å²) in [6, 6.07) is 8.42. The van der Waals surface area contributed by atoms with Crippen LogP contribution in [0.4, 0.5) is 0 Å². The summed E-state index contributed by atoms with van der Waals surface area (Å²) in [4.78, 5) is 11.8. The second kappa shape index (κ2) is 5.13. The number of aliphatic hydroxyl groups is 1. The van der Waals surface area contributed by atoms with Crippen molar-refractivity contribution >= 4 is 5.97 Å². The van der Waals surface area contributed by atoms with Crippen LogP contribution < -0.4 is 0 Å². The molecule has 3 heteroatoms. The summed E-state index contributed by atoms with van der Waals surface area (Å²) in [5.41, 5.74) is 1.07. The molecule has 0 aromatic heterocycles. The molecule has 1 aromatic rings. The highest BCUT2D eigenvalue weighted by Gasteiger charge is 2.55. The Morgan fingerprint density at radius 2 is 1.62 bits per heavy atom. The molecule has 2 bridgehead atoms. The van der Waals surface area contributed by atoms with Crippen molar-refractivity contribution in [2.45, 2.75) is 45.1 Å². The van der Waals surface area contributed by atoms with Crippen molar-refractivity contribution < 1.29 is 15.0 Å². The number of carboxylic acid groups (broad SMARTS) is 1. The largest absolute Gasteiger partial charge is 0.479 e. The normalized spacial score (nSPS) is 30.6. The van der Waals surface area contributed by atoms with Crippen LogP contribution in [0.5, 0.6) is 0 Å². The van der Waals surface area contributed by atoms with E-state index < -0.39 is 11.6 Å². The highest BCUT2D eigenvalue weighted by Crippen LogP contribution is 2.51. The Morgan fingerprint density at radius 1 is 1.14 bits per heavy atom. The van der Waals surface area contributed by atoms with Gasteiger partial charge in [-0.1, -0.05) is 38.1 Å². The van der Waals surface area contributed by atoms with Crippen LogP contribution in [0, 0.1) is 23.7 Å². The summed E-state index contributed by atoms with van der Waals surface area (Å²) >= 11 is 0. The molecule has 2 aliphatic rings. The number of carboxylic acids is 1. The Bertz CT molecular complexity index is 518. The van der Waals surface area contributed by atoms with Crippen molar-refractivity contribution in [3.8, 4) is 0 Å². The summed E-state index contributed by atoms with van der Waals surface area (Å²) in [6.07, 6.45) is 3.87. The van der Waals surface area contributed by atoms with Crippen molar-refractivity contribution in [2.24, 2.45) is 23.7 Å². The molecular formula is C18H24O3. The Balaban J connectivity index is 2.01. The third-order valence-electron chi connectivity index (χ3n) is 5.74. The van der Waals surface area contributed by atoms with Crippen molar-refractivity contribution in [2.75, 3.05) is 0 Å². The molecular weight excluding hydrogens is 264 g/mol. The van der Waals surface area contributed by atoms with Gasteiger partial charge in [0.25, 0.3) is 0 Å². The van der Waals surface area contributed by atoms with Gasteiger partial charge in [0.05, 0.1) is 0 Å². The molecule has 3 rings (SSSR count). The fraction of sp³-hybridized carbons (Fsp3) is 0.611. The fourth-order valence-corrected chi connectivity index (χ4v) is 4.64. The molecule has 3 unspecified atom stereocenters. The molecule has 0 spiro atoms. The number of fused-ring (bicyclic) bond motifs is 3. The Kier molecular flexibility index (Phi) is 3.56. The quantitative estimate of drug-likeness (QED) is 0.899. The van der Waals surface area contributed by atoms with Gasteiger partial charge in [0.15, 0.2) is 5.60 Å². The molecule has 0 aliphatic heterocycles. The van der Waals surface area contributed by atoms with Crippen LogP contribution in [-0.4, -0.2) is 21.8 Å². The van der Waals surface area contributed by atoms with Crippen LogP contribution in [0.2, 0.25) is 0 Å². The summed E-state index contributed by atoms with van der Waals surface area (Å²) in [7, 11) is 0. The van der Waals surface area contributed by atoms with Crippen LogP contribution in [0.3, 0.4) is 0 Å². The van der Waals surface area contributed by atoms with Gasteiger partial charge in [-0.3, -0.25) is 0 Å². The first kappa shape index (κ1) is 14.6. The van der Waals surface area contributed by atoms with Crippen molar-refractivity contribution in [1.29, 1.82) is 0 Å². The first-order valence-corrected chi connectivity index (χ1v) is 7.97. The van der Waals surface area contributed by atoms with Gasteiger partial charge in [-0.15, -0.1) is 0 Å². The van der Waals surface area contributed by atoms with Gasteiger partial charge >= 0.3 is 5.97 Å². The lowest BCUT2D eigenvalue weighted by Crippen LogP contribution is -2.53. The van der Waals surface area contributed by atoms with E-state index in [2.05, 4.69) is 24.3 Å². The maximum Gasteiger partial charge on any atom is 0.336 e. The standard InChI is InChI=1S/C18H24O3/c1-11(2)18(21,17(19)20)16-14-7-8-15(16)10-13-6-4-3-5-12(13)9-14/h3-6,11,14-16,21H,7-10H2,1-2H3,(H,19,20). The van der Waals surface area contributed by atoms with E-state index in [0.717, 1.165) is 25.7 Å². The first-order valence-electron chi connectivity index (χ1n) is 7.97. The van der Waals surface area contributed by atoms with E-state index in [0.29, 0.717) is 0 Å². The number of benzene rings is 1. The topological polar surface area (TPSA) is 57.5 Å². The van der Waals surface area contributed by atoms with E-state index in [1.165, 1.54) is 11.1 Å². The molecule has 2 N–H and O–H groups in total. The average Bonchev–Trinajstić information content (AvgIpc) is 2.73. The number of hydrogen-bond donors (Lipinski definition) is 2. The van der Waals surface area contributed by atoms with E-state index in [1.54, 1.807) is 0 Å². The van der Waals surface area contributed by atoms with Crippen molar-refractivity contribution in [3.05, 3.63) is 35.4 Å². The van der Waals surface area contributed by atoms with E-state index in [-0.39, 0.29) is 23.7 Å². The Hall–Kier alpha value is -1.35. The van der Waals surface area contributed by atoms with Crippen LogP contribution in [0.1, 0.15) is 37.8 Å². The molecule has 21 heavy (non-hydrogen) atoms. The molecule has 114 valence electrons. The van der Waals surface area contributed by atoms with Gasteiger partial charge in [0, 0.05) is 5.92 Å². The molecule has 0 heterocycles. The predicted octanol–water partition coefficient (Wildman–Crippen LogP) is 2.90. The Morgan fingerprint density at radius 3 is 2.00 bits per heavy atom. The lowest BCUT2D eigenvalue weighted by molar-refractivity contribution is -0.176. The Labute approximate surface area is 126 Å². The summed E-state index contributed by atoms with van der Waals surface area (Å²) in [5.74, 6) is -0.902. The highest BCUT2D eigenvalue weighted by molar-refractivity contribution is 5.78. The van der Waals surface area contributed by atoms with E-state index >= 15 is 0 Å². The zero-order valence-corrected chi connectivity index (χ0v) is 12.7. The second-order valence-corrected chi connectivity index (χ2v) is 7.09. The van der Waals surface area contributed by atoms with Gasteiger partial charge in [-0.25, -0.2) is 4.79 Å². The van der Waals surface area contributed by atoms with E-state index in [9.17, 15) is 15.0 Å². The molecule has 0 amide bonds. The number of aliphatic carboxylic acids is 1. The monoisotopic (exact) mass is 288 g/mol. The number of rotatable bonds is 3. The third-order valence-corrected chi connectivity index (χ3v) is 5.74. The third kappa shape index (κ3) is 2.18. The van der Waals surface area contributed by atoms with Crippen LogP contribution in [0.15, 0.2) is 24.3 Å². The van der Waals surface area contributed by atoms with E-state index in [4.69, 9.17) is 0 Å². The molecule has 0 radical (unpaired) electrons. The zero-order valence-electron chi connectivity index (χ0n) is 12.7. The van der Waals surface area contributed by atoms with Gasteiger partial charge in [0.1, 0.15) is 0 Å². The predicted molar refractivity (Wildman–Crippen MR) is 81.0 cm³/mol. The molecule has 3 atom stereocenters. The van der Waals surface area contributed by atoms with E-state index in [1.807, 2.05) is 13.8 Å². The summed E-state index contributed by atoms with van der Waals surface area (Å²) in [5, 5.41) is 20.7. The second-order valence-electron chi connectivity index (χ2n) is 7.09. The first-order chi connectivity index (χ1) is 9.94.